The van der Waals surface area contributed by atoms with Crippen molar-refractivity contribution in [1.82, 2.24) is 10.2 Å². The van der Waals surface area contributed by atoms with Crippen LogP contribution in [0.15, 0.2) is 42.6 Å². The van der Waals surface area contributed by atoms with E-state index in [1.807, 2.05) is 24.3 Å². The predicted octanol–water partition coefficient (Wildman–Crippen LogP) is 1.77. The molecule has 2 aromatic rings. The Morgan fingerprint density at radius 2 is 1.93 bits per heavy atom. The molecule has 0 saturated carbocycles. The smallest absolute Gasteiger partial charge is 0.119 e. The summed E-state index contributed by atoms with van der Waals surface area (Å²) in [5.74, 6) is 0.304. The first-order valence-electron chi connectivity index (χ1n) is 4.40. The van der Waals surface area contributed by atoms with Gasteiger partial charge in [-0.3, -0.25) is 0 Å². The van der Waals surface area contributed by atoms with Gasteiger partial charge < -0.3 is 5.11 Å². The third-order valence-electron chi connectivity index (χ3n) is 1.99. The molecule has 0 aliphatic carbocycles. The van der Waals surface area contributed by atoms with Crippen molar-refractivity contribution in [2.45, 2.75) is 6.42 Å². The van der Waals surface area contributed by atoms with Gasteiger partial charge in [-0.15, -0.1) is 0 Å². The van der Waals surface area contributed by atoms with Crippen LogP contribution < -0.4 is 0 Å². The van der Waals surface area contributed by atoms with E-state index in [0.29, 0.717) is 12.2 Å². The predicted molar refractivity (Wildman–Crippen MR) is 52.9 cm³/mol. The Morgan fingerprint density at radius 1 is 1.07 bits per heavy atom. The Labute approximate surface area is 82.1 Å². The Morgan fingerprint density at radius 3 is 2.64 bits per heavy atom. The second-order valence-electron chi connectivity index (χ2n) is 3.02. The van der Waals surface area contributed by atoms with Crippen LogP contribution in [0.4, 0.5) is 0 Å². The van der Waals surface area contributed by atoms with Crippen LogP contribution in [0.5, 0.6) is 5.75 Å². The Hall–Kier alpha value is -1.90. The fourth-order valence-electron chi connectivity index (χ4n) is 1.28. The summed E-state index contributed by atoms with van der Waals surface area (Å²) < 4.78 is 0. The van der Waals surface area contributed by atoms with E-state index in [-0.39, 0.29) is 0 Å². The molecular formula is C11H10N2O. The fraction of sp³-hybridized carbons (Fsp3) is 0.0909. The van der Waals surface area contributed by atoms with Crippen molar-refractivity contribution in [1.29, 1.82) is 0 Å². The average Bonchev–Trinajstić information content (AvgIpc) is 2.23. The molecule has 0 atom stereocenters. The van der Waals surface area contributed by atoms with E-state index >= 15 is 0 Å². The minimum Gasteiger partial charge on any atom is -0.508 e. The molecule has 2 rings (SSSR count). The zero-order chi connectivity index (χ0) is 9.80. The van der Waals surface area contributed by atoms with Crippen molar-refractivity contribution < 1.29 is 5.11 Å². The van der Waals surface area contributed by atoms with Gasteiger partial charge in [0.2, 0.25) is 0 Å². The van der Waals surface area contributed by atoms with Crippen LogP contribution in [0.2, 0.25) is 0 Å². The van der Waals surface area contributed by atoms with Gasteiger partial charge in [0.05, 0.1) is 5.69 Å². The van der Waals surface area contributed by atoms with E-state index in [4.69, 9.17) is 0 Å². The molecule has 1 N–H and O–H groups in total. The van der Waals surface area contributed by atoms with Crippen LogP contribution in [-0.2, 0) is 6.42 Å². The summed E-state index contributed by atoms with van der Waals surface area (Å²) in [7, 11) is 0. The number of hydrogen-bond donors (Lipinski definition) is 1. The zero-order valence-corrected chi connectivity index (χ0v) is 7.59. The number of phenolic OH excluding ortho intramolecular Hbond substituents is 1. The van der Waals surface area contributed by atoms with Crippen LogP contribution in [0.3, 0.4) is 0 Å². The van der Waals surface area contributed by atoms with E-state index < -0.39 is 0 Å². The molecule has 1 heterocycles. The van der Waals surface area contributed by atoms with Gasteiger partial charge in [-0.25, -0.2) is 0 Å². The Balaban J connectivity index is 2.24. The van der Waals surface area contributed by atoms with Gasteiger partial charge >= 0.3 is 0 Å². The van der Waals surface area contributed by atoms with Crippen molar-refractivity contribution in [3.05, 3.63) is 53.9 Å². The van der Waals surface area contributed by atoms with Crippen molar-refractivity contribution in [2.75, 3.05) is 0 Å². The maximum absolute atomic E-state index is 9.52. The molecule has 0 radical (unpaired) electrons. The fourth-order valence-corrected chi connectivity index (χ4v) is 1.28. The second kappa shape index (κ2) is 3.87. The van der Waals surface area contributed by atoms with Crippen LogP contribution in [0.25, 0.3) is 0 Å². The van der Waals surface area contributed by atoms with E-state index in [2.05, 4.69) is 10.2 Å². The SMILES string of the molecule is Oc1ccccc1Cc1cccnn1. The van der Waals surface area contributed by atoms with Crippen molar-refractivity contribution in [3.8, 4) is 5.75 Å². The van der Waals surface area contributed by atoms with E-state index in [9.17, 15) is 5.11 Å². The summed E-state index contributed by atoms with van der Waals surface area (Å²) in [6.07, 6.45) is 2.24. The lowest BCUT2D eigenvalue weighted by Gasteiger charge is -2.02. The number of aromatic nitrogens is 2. The quantitative estimate of drug-likeness (QED) is 0.777. The molecule has 1 aromatic carbocycles. The molecular weight excluding hydrogens is 176 g/mol. The van der Waals surface area contributed by atoms with E-state index in [1.165, 1.54) is 0 Å². The van der Waals surface area contributed by atoms with Crippen molar-refractivity contribution >= 4 is 0 Å². The number of benzene rings is 1. The summed E-state index contributed by atoms with van der Waals surface area (Å²) >= 11 is 0. The molecule has 70 valence electrons. The van der Waals surface area contributed by atoms with Crippen LogP contribution in [0, 0.1) is 0 Å². The Kier molecular flexibility index (Phi) is 2.40. The number of rotatable bonds is 2. The summed E-state index contributed by atoms with van der Waals surface area (Å²) in [6, 6.07) is 11.0. The van der Waals surface area contributed by atoms with Gasteiger partial charge in [0.15, 0.2) is 0 Å². The van der Waals surface area contributed by atoms with Gasteiger partial charge in [0.25, 0.3) is 0 Å². The topological polar surface area (TPSA) is 46.0 Å². The summed E-state index contributed by atoms with van der Waals surface area (Å²) in [5, 5.41) is 17.3. The second-order valence-corrected chi connectivity index (χ2v) is 3.02. The highest BCUT2D eigenvalue weighted by atomic mass is 16.3. The normalized spacial score (nSPS) is 10.0. The van der Waals surface area contributed by atoms with E-state index in [1.54, 1.807) is 18.3 Å². The molecule has 14 heavy (non-hydrogen) atoms. The van der Waals surface area contributed by atoms with Crippen LogP contribution in [0.1, 0.15) is 11.3 Å². The highest BCUT2D eigenvalue weighted by Crippen LogP contribution is 2.18. The van der Waals surface area contributed by atoms with Gasteiger partial charge in [-0.1, -0.05) is 18.2 Å². The highest BCUT2D eigenvalue weighted by molar-refractivity contribution is 5.34. The average molecular weight is 186 g/mol. The molecule has 1 aromatic heterocycles. The molecule has 3 heteroatoms. The molecule has 0 fully saturated rings. The molecule has 0 aliphatic heterocycles. The van der Waals surface area contributed by atoms with Gasteiger partial charge in [0, 0.05) is 12.6 Å². The number of aromatic hydroxyl groups is 1. The van der Waals surface area contributed by atoms with Crippen molar-refractivity contribution in [2.24, 2.45) is 0 Å². The summed E-state index contributed by atoms with van der Waals surface area (Å²) in [4.78, 5) is 0. The number of phenols is 1. The van der Waals surface area contributed by atoms with Gasteiger partial charge in [-0.05, 0) is 23.8 Å². The summed E-state index contributed by atoms with van der Waals surface area (Å²) in [5.41, 5.74) is 1.72. The number of hydrogen-bond acceptors (Lipinski definition) is 3. The zero-order valence-electron chi connectivity index (χ0n) is 7.59. The largest absolute Gasteiger partial charge is 0.508 e. The van der Waals surface area contributed by atoms with Crippen LogP contribution >= 0.6 is 0 Å². The molecule has 0 aliphatic rings. The maximum atomic E-state index is 9.52. The number of nitrogens with zero attached hydrogens (tertiary/aromatic N) is 2. The monoisotopic (exact) mass is 186 g/mol. The first kappa shape index (κ1) is 8.69. The lowest BCUT2D eigenvalue weighted by atomic mass is 10.1. The first-order chi connectivity index (χ1) is 6.86. The molecule has 3 nitrogen and oxygen atoms in total. The lowest BCUT2D eigenvalue weighted by molar-refractivity contribution is 0.469. The standard InChI is InChI=1S/C11H10N2O/c14-11-6-2-1-4-9(11)8-10-5-3-7-12-13-10/h1-7,14H,8H2. The summed E-state index contributed by atoms with van der Waals surface area (Å²) in [6.45, 7) is 0. The maximum Gasteiger partial charge on any atom is 0.119 e. The molecule has 0 unspecified atom stereocenters. The molecule has 0 spiro atoms. The number of para-hydroxylation sites is 1. The molecule has 0 saturated heterocycles. The minimum atomic E-state index is 0.304. The minimum absolute atomic E-state index is 0.304. The van der Waals surface area contributed by atoms with Gasteiger partial charge in [-0.2, -0.15) is 10.2 Å². The lowest BCUT2D eigenvalue weighted by Crippen LogP contribution is -1.93. The van der Waals surface area contributed by atoms with E-state index in [0.717, 1.165) is 11.3 Å². The Bertz CT molecular complexity index is 415. The third-order valence-corrected chi connectivity index (χ3v) is 1.99. The van der Waals surface area contributed by atoms with Gasteiger partial charge in [0.1, 0.15) is 5.75 Å². The third kappa shape index (κ3) is 1.88. The molecule has 0 amide bonds. The first-order valence-corrected chi connectivity index (χ1v) is 4.40. The van der Waals surface area contributed by atoms with Crippen LogP contribution in [-0.4, -0.2) is 15.3 Å². The molecule has 0 bridgehead atoms. The van der Waals surface area contributed by atoms with Crippen molar-refractivity contribution in [3.63, 3.8) is 0 Å². The highest BCUT2D eigenvalue weighted by Gasteiger charge is 2.01.